The molecule has 28 heavy (non-hydrogen) atoms. The summed E-state index contributed by atoms with van der Waals surface area (Å²) in [6.07, 6.45) is 0. The predicted octanol–water partition coefficient (Wildman–Crippen LogP) is -3.30. The molecule has 0 amide bonds. The van der Waals surface area contributed by atoms with Gasteiger partial charge in [-0.2, -0.15) is 5.84 Å². The molecule has 0 saturated heterocycles. The van der Waals surface area contributed by atoms with E-state index in [4.69, 9.17) is 31.4 Å². The highest BCUT2D eigenvalue weighted by molar-refractivity contribution is 5.72. The number of carboxylic acids is 5. The van der Waals surface area contributed by atoms with Gasteiger partial charge in [0, 0.05) is 13.1 Å². The number of rotatable bonds is 16. The second-order valence-corrected chi connectivity index (χ2v) is 6.21. The van der Waals surface area contributed by atoms with Crippen molar-refractivity contribution in [2.24, 2.45) is 5.84 Å². The van der Waals surface area contributed by atoms with Crippen molar-refractivity contribution in [3.8, 4) is 0 Å². The number of nitrogens with two attached hydrogens (primary N) is 1. The lowest BCUT2D eigenvalue weighted by Gasteiger charge is -2.32. The van der Waals surface area contributed by atoms with Crippen molar-refractivity contribution in [2.45, 2.75) is 0 Å². The summed E-state index contributed by atoms with van der Waals surface area (Å²) in [4.78, 5) is 56.9. The van der Waals surface area contributed by atoms with E-state index in [-0.39, 0.29) is 26.2 Å². The van der Waals surface area contributed by atoms with Crippen LogP contribution in [0, 0.1) is 0 Å². The van der Waals surface area contributed by atoms with Crippen molar-refractivity contribution < 1.29 is 54.1 Å². The van der Waals surface area contributed by atoms with Crippen LogP contribution in [0.25, 0.3) is 0 Å². The van der Waals surface area contributed by atoms with Crippen LogP contribution >= 0.6 is 0 Å². The smallest absolute Gasteiger partial charge is 0.361 e. The minimum Gasteiger partial charge on any atom is -0.480 e. The van der Waals surface area contributed by atoms with E-state index in [1.54, 1.807) is 0 Å². The van der Waals surface area contributed by atoms with Gasteiger partial charge in [0.15, 0.2) is 13.1 Å². The highest BCUT2D eigenvalue weighted by atomic mass is 16.4. The van der Waals surface area contributed by atoms with Gasteiger partial charge in [-0.3, -0.25) is 24.2 Å². The molecule has 0 saturated carbocycles. The van der Waals surface area contributed by atoms with Gasteiger partial charge in [-0.15, -0.1) is 0 Å². The Morgan fingerprint density at radius 3 is 1.32 bits per heavy atom. The molecule has 0 aromatic carbocycles. The Balaban J connectivity index is 5.05. The van der Waals surface area contributed by atoms with Crippen LogP contribution in [0.1, 0.15) is 0 Å². The Morgan fingerprint density at radius 2 is 0.964 bits per heavy atom. The molecule has 14 heteroatoms. The summed E-state index contributed by atoms with van der Waals surface area (Å²) in [6, 6.07) is 0. The lowest BCUT2D eigenvalue weighted by molar-refractivity contribution is -0.925. The van der Waals surface area contributed by atoms with Gasteiger partial charge in [0.05, 0.1) is 26.2 Å². The van der Waals surface area contributed by atoms with Gasteiger partial charge >= 0.3 is 29.8 Å². The first kappa shape index (κ1) is 25.2. The number of carbonyl (C=O) groups is 5. The van der Waals surface area contributed by atoms with Gasteiger partial charge in [0.1, 0.15) is 6.54 Å². The Kier molecular flexibility index (Phi) is 10.6. The second-order valence-electron chi connectivity index (χ2n) is 6.21. The normalized spacial score (nSPS) is 11.5. The molecule has 0 unspecified atom stereocenters. The van der Waals surface area contributed by atoms with E-state index in [1.807, 2.05) is 0 Å². The van der Waals surface area contributed by atoms with Crippen molar-refractivity contribution in [3.05, 3.63) is 0 Å². The lowest BCUT2D eigenvalue weighted by atomic mass is 10.3. The minimum absolute atomic E-state index is 0.0486. The van der Waals surface area contributed by atoms with E-state index in [2.05, 4.69) is 0 Å². The average molecular weight is 409 g/mol. The Morgan fingerprint density at radius 1 is 0.607 bits per heavy atom. The van der Waals surface area contributed by atoms with E-state index in [0.717, 1.165) is 4.90 Å². The number of hydrogen-bond donors (Lipinski definition) is 6. The molecule has 0 bridgehead atoms. The van der Waals surface area contributed by atoms with E-state index in [9.17, 15) is 24.0 Å². The lowest BCUT2D eigenvalue weighted by Crippen LogP contribution is -2.62. The fourth-order valence-corrected chi connectivity index (χ4v) is 2.43. The SMILES string of the molecule is N[N+](CCN(CCN(CC(=O)O)CC(=O)O)CC(=O)O)(CC(=O)O)CC(=O)O. The van der Waals surface area contributed by atoms with Gasteiger partial charge in [-0.05, 0) is 0 Å². The predicted molar refractivity (Wildman–Crippen MR) is 90.1 cm³/mol. The minimum atomic E-state index is -1.33. The van der Waals surface area contributed by atoms with Gasteiger partial charge in [-0.25, -0.2) is 14.2 Å². The summed E-state index contributed by atoms with van der Waals surface area (Å²) in [5.41, 5.74) is 0. The van der Waals surface area contributed by atoms with Gasteiger partial charge in [0.2, 0.25) is 0 Å². The molecule has 14 nitrogen and oxygen atoms in total. The average Bonchev–Trinajstić information content (AvgIpc) is 2.46. The fraction of sp³-hybridized carbons (Fsp3) is 0.643. The van der Waals surface area contributed by atoms with Gasteiger partial charge < -0.3 is 25.5 Å². The number of nitrogens with zero attached hydrogens (tertiary/aromatic N) is 3. The summed E-state index contributed by atoms with van der Waals surface area (Å²) in [6.45, 7) is -3.48. The molecule has 0 fully saturated rings. The molecule has 0 aliphatic carbocycles. The standard InChI is InChI=1S/C14H24N4O10/c15-18(8-13(25)26,9-14(27)28)4-3-16(5-10(19)20)1-2-17(6-11(21)22)7-12(23)24/h1-9,15H2,(H4-,19,20,21,22,23,24,25,26,27,28)/p+1. The molecule has 0 spiro atoms. The van der Waals surface area contributed by atoms with Gasteiger partial charge in [0.25, 0.3) is 0 Å². The van der Waals surface area contributed by atoms with Crippen LogP contribution in [0.15, 0.2) is 0 Å². The van der Waals surface area contributed by atoms with E-state index in [1.165, 1.54) is 4.90 Å². The second kappa shape index (κ2) is 11.8. The first-order chi connectivity index (χ1) is 12.8. The Bertz CT molecular complexity index is 565. The first-order valence-electron chi connectivity index (χ1n) is 8.01. The highest BCUT2D eigenvalue weighted by Gasteiger charge is 2.31. The van der Waals surface area contributed by atoms with Crippen LogP contribution in [-0.4, -0.2) is 129 Å². The van der Waals surface area contributed by atoms with Crippen molar-refractivity contribution in [2.75, 3.05) is 58.9 Å². The molecule has 7 N–H and O–H groups in total. The maximum Gasteiger partial charge on any atom is 0.361 e. The third-order valence-corrected chi connectivity index (χ3v) is 3.57. The quantitative estimate of drug-likeness (QED) is 0.0837. The molecule has 0 aliphatic heterocycles. The summed E-state index contributed by atoms with van der Waals surface area (Å²) in [5.74, 6) is -0.602. The van der Waals surface area contributed by atoms with Crippen molar-refractivity contribution in [1.29, 1.82) is 0 Å². The highest BCUT2D eigenvalue weighted by Crippen LogP contribution is 2.01. The molecule has 160 valence electrons. The van der Waals surface area contributed by atoms with Crippen molar-refractivity contribution in [3.63, 3.8) is 0 Å². The van der Waals surface area contributed by atoms with Gasteiger partial charge in [-0.1, -0.05) is 0 Å². The fourth-order valence-electron chi connectivity index (χ4n) is 2.43. The van der Waals surface area contributed by atoms with Crippen LogP contribution in [-0.2, 0) is 24.0 Å². The summed E-state index contributed by atoms with van der Waals surface area (Å²) in [5, 5.41) is 44.4. The molecule has 0 radical (unpaired) electrons. The third-order valence-electron chi connectivity index (χ3n) is 3.57. The topological polar surface area (TPSA) is 219 Å². The zero-order chi connectivity index (χ0) is 21.9. The summed E-state index contributed by atoms with van der Waals surface area (Å²) >= 11 is 0. The maximum absolute atomic E-state index is 11.0. The molecule has 0 aromatic rings. The summed E-state index contributed by atoms with van der Waals surface area (Å²) < 4.78 is -0.866. The molecule has 0 rings (SSSR count). The molecular weight excluding hydrogens is 384 g/mol. The molecule has 0 aliphatic rings. The van der Waals surface area contributed by atoms with E-state index >= 15 is 0 Å². The molecule has 0 atom stereocenters. The molecule has 0 aromatic heterocycles. The first-order valence-corrected chi connectivity index (χ1v) is 8.01. The van der Waals surface area contributed by atoms with Crippen LogP contribution in [0.4, 0.5) is 0 Å². The van der Waals surface area contributed by atoms with Crippen LogP contribution < -0.4 is 5.84 Å². The number of carboxylic acid groups (broad SMARTS) is 5. The molecular formula is C14H25N4O10+. The Labute approximate surface area is 159 Å². The number of aliphatic carboxylic acids is 5. The van der Waals surface area contributed by atoms with Crippen molar-refractivity contribution >= 4 is 29.8 Å². The van der Waals surface area contributed by atoms with Crippen molar-refractivity contribution in [1.82, 2.24) is 9.80 Å². The largest absolute Gasteiger partial charge is 0.480 e. The Hall–Kier alpha value is -2.81. The number of quaternary nitrogens is 1. The third kappa shape index (κ3) is 12.5. The number of hydrogen-bond acceptors (Lipinski definition) is 8. The van der Waals surface area contributed by atoms with Crippen LogP contribution in [0.3, 0.4) is 0 Å². The van der Waals surface area contributed by atoms with E-state index < -0.39 is 67.2 Å². The summed E-state index contributed by atoms with van der Waals surface area (Å²) in [7, 11) is 0. The van der Waals surface area contributed by atoms with Crippen LogP contribution in [0.2, 0.25) is 0 Å². The monoisotopic (exact) mass is 409 g/mol. The van der Waals surface area contributed by atoms with Crippen LogP contribution in [0.5, 0.6) is 0 Å². The van der Waals surface area contributed by atoms with E-state index in [0.29, 0.717) is 0 Å². The zero-order valence-corrected chi connectivity index (χ0v) is 15.1. The zero-order valence-electron chi connectivity index (χ0n) is 15.1. The maximum atomic E-state index is 11.0. The molecule has 0 heterocycles.